The van der Waals surface area contributed by atoms with E-state index in [1.54, 1.807) is 18.6 Å². The number of aryl methyl sites for hydroxylation is 1. The SMILES string of the molecule is Cc1ncc(C(S)Nc2ccccn2)cn1. The first-order valence-corrected chi connectivity index (χ1v) is 5.41. The van der Waals surface area contributed by atoms with Crippen LogP contribution in [0.3, 0.4) is 0 Å². The molecule has 0 radical (unpaired) electrons. The topological polar surface area (TPSA) is 50.7 Å². The summed E-state index contributed by atoms with van der Waals surface area (Å²) in [5, 5.41) is 2.99. The van der Waals surface area contributed by atoms with Crippen molar-refractivity contribution in [3.05, 3.63) is 48.2 Å². The van der Waals surface area contributed by atoms with Gasteiger partial charge in [-0.2, -0.15) is 0 Å². The lowest BCUT2D eigenvalue weighted by atomic mass is 10.3. The van der Waals surface area contributed by atoms with E-state index in [2.05, 4.69) is 32.9 Å². The van der Waals surface area contributed by atoms with Crippen LogP contribution in [-0.2, 0) is 0 Å². The molecule has 0 fully saturated rings. The number of rotatable bonds is 3. The van der Waals surface area contributed by atoms with Gasteiger partial charge in [0.1, 0.15) is 11.6 Å². The molecule has 2 rings (SSSR count). The van der Waals surface area contributed by atoms with Crippen LogP contribution in [0.4, 0.5) is 5.82 Å². The zero-order valence-corrected chi connectivity index (χ0v) is 9.72. The molecule has 0 amide bonds. The van der Waals surface area contributed by atoms with Gasteiger partial charge in [-0.25, -0.2) is 15.0 Å². The molecule has 0 aliphatic heterocycles. The van der Waals surface area contributed by atoms with E-state index in [-0.39, 0.29) is 5.37 Å². The first-order valence-electron chi connectivity index (χ1n) is 4.90. The number of aromatic nitrogens is 3. The summed E-state index contributed by atoms with van der Waals surface area (Å²) in [7, 11) is 0. The third-order valence-corrected chi connectivity index (χ3v) is 2.49. The Morgan fingerprint density at radius 1 is 1.19 bits per heavy atom. The Bertz CT molecular complexity index is 443. The largest absolute Gasteiger partial charge is 0.354 e. The molecular weight excluding hydrogens is 220 g/mol. The molecule has 0 saturated carbocycles. The molecule has 0 aliphatic rings. The molecule has 4 nitrogen and oxygen atoms in total. The van der Waals surface area contributed by atoms with Crippen LogP contribution in [0.5, 0.6) is 0 Å². The smallest absolute Gasteiger partial charge is 0.126 e. The number of anilines is 1. The summed E-state index contributed by atoms with van der Waals surface area (Å²) in [6.45, 7) is 1.85. The van der Waals surface area contributed by atoms with Gasteiger partial charge in [0.15, 0.2) is 0 Å². The van der Waals surface area contributed by atoms with Gasteiger partial charge in [-0.1, -0.05) is 6.07 Å². The van der Waals surface area contributed by atoms with Crippen molar-refractivity contribution in [3.8, 4) is 0 Å². The van der Waals surface area contributed by atoms with Gasteiger partial charge in [0.25, 0.3) is 0 Å². The molecule has 82 valence electrons. The van der Waals surface area contributed by atoms with Crippen LogP contribution in [0.2, 0.25) is 0 Å². The van der Waals surface area contributed by atoms with Crippen molar-refractivity contribution >= 4 is 18.4 Å². The highest BCUT2D eigenvalue weighted by Gasteiger charge is 2.06. The molecule has 5 heteroatoms. The fourth-order valence-electron chi connectivity index (χ4n) is 1.22. The quantitative estimate of drug-likeness (QED) is 0.629. The molecule has 2 heterocycles. The minimum atomic E-state index is -0.157. The van der Waals surface area contributed by atoms with Crippen LogP contribution >= 0.6 is 12.6 Å². The Kier molecular flexibility index (Phi) is 3.36. The van der Waals surface area contributed by atoms with Gasteiger partial charge in [0.2, 0.25) is 0 Å². The van der Waals surface area contributed by atoms with Crippen LogP contribution in [-0.4, -0.2) is 15.0 Å². The van der Waals surface area contributed by atoms with Crippen LogP contribution < -0.4 is 5.32 Å². The van der Waals surface area contributed by atoms with Crippen LogP contribution in [0.1, 0.15) is 16.8 Å². The van der Waals surface area contributed by atoms with Crippen LogP contribution in [0.15, 0.2) is 36.8 Å². The minimum Gasteiger partial charge on any atom is -0.354 e. The number of nitrogens with one attached hydrogen (secondary N) is 1. The van der Waals surface area contributed by atoms with Crippen molar-refractivity contribution in [3.63, 3.8) is 0 Å². The first-order chi connectivity index (χ1) is 7.75. The highest BCUT2D eigenvalue weighted by molar-refractivity contribution is 7.80. The third kappa shape index (κ3) is 2.70. The lowest BCUT2D eigenvalue weighted by Crippen LogP contribution is -2.06. The fraction of sp³-hybridized carbons (Fsp3) is 0.182. The molecule has 0 saturated heterocycles. The molecule has 0 aliphatic carbocycles. The number of hydrogen-bond donors (Lipinski definition) is 2. The summed E-state index contributed by atoms with van der Waals surface area (Å²) >= 11 is 4.43. The predicted molar refractivity (Wildman–Crippen MR) is 66.4 cm³/mol. The maximum atomic E-state index is 4.43. The second-order valence-corrected chi connectivity index (χ2v) is 3.84. The normalized spacial score (nSPS) is 12.1. The van der Waals surface area contributed by atoms with Crippen molar-refractivity contribution in [1.82, 2.24) is 15.0 Å². The van der Waals surface area contributed by atoms with Gasteiger partial charge < -0.3 is 5.32 Å². The second-order valence-electron chi connectivity index (χ2n) is 3.33. The van der Waals surface area contributed by atoms with Crippen molar-refractivity contribution in [2.24, 2.45) is 0 Å². The summed E-state index contributed by atoms with van der Waals surface area (Å²) in [6.07, 6.45) is 5.25. The number of hydrogen-bond acceptors (Lipinski definition) is 5. The standard InChI is InChI=1S/C11H12N4S/c1-8-13-6-9(7-14-8)11(16)15-10-4-2-3-5-12-10/h2-7,11,16H,1H3,(H,12,15). The monoisotopic (exact) mass is 232 g/mol. The van der Waals surface area contributed by atoms with E-state index in [0.29, 0.717) is 0 Å². The van der Waals surface area contributed by atoms with Crippen molar-refractivity contribution in [2.75, 3.05) is 5.32 Å². The Balaban J connectivity index is 2.09. The zero-order valence-electron chi connectivity index (χ0n) is 8.83. The fourth-order valence-corrected chi connectivity index (χ4v) is 1.48. The molecule has 0 bridgehead atoms. The van der Waals surface area contributed by atoms with Crippen molar-refractivity contribution in [1.29, 1.82) is 0 Å². The molecule has 0 aromatic carbocycles. The zero-order chi connectivity index (χ0) is 11.4. The molecule has 0 spiro atoms. The van der Waals surface area contributed by atoms with Crippen LogP contribution in [0, 0.1) is 6.92 Å². The van der Waals surface area contributed by atoms with E-state index < -0.39 is 0 Å². The summed E-state index contributed by atoms with van der Waals surface area (Å²) in [6, 6.07) is 5.67. The minimum absolute atomic E-state index is 0.157. The Morgan fingerprint density at radius 3 is 2.56 bits per heavy atom. The number of pyridine rings is 1. The van der Waals surface area contributed by atoms with Gasteiger partial charge >= 0.3 is 0 Å². The maximum absolute atomic E-state index is 4.43. The van der Waals surface area contributed by atoms with E-state index in [9.17, 15) is 0 Å². The average molecular weight is 232 g/mol. The first kappa shape index (κ1) is 10.9. The number of nitrogens with zero attached hydrogens (tertiary/aromatic N) is 3. The average Bonchev–Trinajstić information content (AvgIpc) is 2.31. The van der Waals surface area contributed by atoms with E-state index in [1.165, 1.54) is 0 Å². The summed E-state index contributed by atoms with van der Waals surface area (Å²) in [5.74, 6) is 1.53. The predicted octanol–water partition coefficient (Wildman–Crippen LogP) is 2.22. The lowest BCUT2D eigenvalue weighted by Gasteiger charge is -2.13. The molecular formula is C11H12N4S. The Morgan fingerprint density at radius 2 is 1.94 bits per heavy atom. The van der Waals surface area contributed by atoms with E-state index in [1.807, 2.05) is 25.1 Å². The highest BCUT2D eigenvalue weighted by Crippen LogP contribution is 2.19. The molecule has 1 unspecified atom stereocenters. The molecule has 2 aromatic heterocycles. The number of thiol groups is 1. The van der Waals surface area contributed by atoms with Crippen molar-refractivity contribution in [2.45, 2.75) is 12.3 Å². The van der Waals surface area contributed by atoms with Gasteiger partial charge in [0.05, 0.1) is 5.37 Å². The van der Waals surface area contributed by atoms with Gasteiger partial charge in [-0.05, 0) is 19.1 Å². The Hall–Kier alpha value is -1.62. The van der Waals surface area contributed by atoms with Crippen LogP contribution in [0.25, 0.3) is 0 Å². The van der Waals surface area contributed by atoms with Gasteiger partial charge in [0, 0.05) is 24.2 Å². The highest BCUT2D eigenvalue weighted by atomic mass is 32.1. The summed E-state index contributed by atoms with van der Waals surface area (Å²) in [4.78, 5) is 12.4. The Labute approximate surface area is 99.6 Å². The maximum Gasteiger partial charge on any atom is 0.126 e. The van der Waals surface area contributed by atoms with E-state index in [4.69, 9.17) is 0 Å². The summed E-state index contributed by atoms with van der Waals surface area (Å²) in [5.41, 5.74) is 0.916. The van der Waals surface area contributed by atoms with Gasteiger partial charge in [-0.15, -0.1) is 12.6 Å². The van der Waals surface area contributed by atoms with E-state index >= 15 is 0 Å². The van der Waals surface area contributed by atoms with Crippen molar-refractivity contribution < 1.29 is 0 Å². The van der Waals surface area contributed by atoms with Gasteiger partial charge in [-0.3, -0.25) is 0 Å². The molecule has 16 heavy (non-hydrogen) atoms. The summed E-state index contributed by atoms with van der Waals surface area (Å²) < 4.78 is 0. The van der Waals surface area contributed by atoms with E-state index in [0.717, 1.165) is 17.2 Å². The third-order valence-electron chi connectivity index (χ3n) is 2.07. The molecule has 1 N–H and O–H groups in total. The lowest BCUT2D eigenvalue weighted by molar-refractivity contribution is 0.980. The molecule has 2 aromatic rings. The second kappa shape index (κ2) is 4.94. The molecule has 1 atom stereocenters.